The number of fused-ring (bicyclic) bond motifs is 1. The molecule has 0 spiro atoms. The minimum Gasteiger partial charge on any atom is -0.117 e. The van der Waals surface area contributed by atoms with Crippen molar-refractivity contribution >= 4 is 11.6 Å². The van der Waals surface area contributed by atoms with Gasteiger partial charge in [-0.1, -0.05) is 24.3 Å². The van der Waals surface area contributed by atoms with Crippen molar-refractivity contribution in [2.45, 2.75) is 11.8 Å². The lowest BCUT2D eigenvalue weighted by Gasteiger charge is -2.23. The molecule has 1 aliphatic rings. The fourth-order valence-electron chi connectivity index (χ4n) is 1.20. The Labute approximate surface area is 59.5 Å². The van der Waals surface area contributed by atoms with Crippen molar-refractivity contribution in [2.75, 3.05) is 0 Å². The highest BCUT2D eigenvalue weighted by Crippen LogP contribution is 2.37. The van der Waals surface area contributed by atoms with Crippen LogP contribution in [-0.4, -0.2) is 0 Å². The van der Waals surface area contributed by atoms with E-state index in [1.165, 1.54) is 11.1 Å². The first-order valence-electron chi connectivity index (χ1n) is 3.10. The molecule has 2 rings (SSSR count). The minimum atomic E-state index is 0.293. The van der Waals surface area contributed by atoms with Crippen LogP contribution in [0.5, 0.6) is 0 Å². The van der Waals surface area contributed by atoms with Gasteiger partial charge in [-0.25, -0.2) is 0 Å². The molecule has 0 heterocycles. The molecule has 0 radical (unpaired) electrons. The zero-order chi connectivity index (χ0) is 6.27. The Bertz CT molecular complexity index is 230. The van der Waals surface area contributed by atoms with Gasteiger partial charge in [-0.2, -0.15) is 0 Å². The topological polar surface area (TPSA) is 0 Å². The summed E-state index contributed by atoms with van der Waals surface area (Å²) in [4.78, 5) is 0. The number of rotatable bonds is 0. The quantitative estimate of drug-likeness (QED) is 0.484. The summed E-state index contributed by atoms with van der Waals surface area (Å²) in [6.45, 7) is 0. The third-order valence-electron chi connectivity index (χ3n) is 1.79. The van der Waals surface area contributed by atoms with Gasteiger partial charge in [0.05, 0.1) is 5.38 Å². The Balaban J connectivity index is 2.51. The van der Waals surface area contributed by atoms with E-state index in [9.17, 15) is 0 Å². The first-order chi connectivity index (χ1) is 4.38. The molecular weight excluding hydrogens is 132 g/mol. The maximum absolute atomic E-state index is 5.88. The largest absolute Gasteiger partial charge is 0.117 e. The summed E-state index contributed by atoms with van der Waals surface area (Å²) in [6, 6.07) is 8.32. The zero-order valence-corrected chi connectivity index (χ0v) is 5.73. The third-order valence-corrected chi connectivity index (χ3v) is 2.18. The minimum absolute atomic E-state index is 0.293. The van der Waals surface area contributed by atoms with Crippen molar-refractivity contribution in [2.24, 2.45) is 0 Å². The normalized spacial score (nSPS) is 22.6. The van der Waals surface area contributed by atoms with E-state index in [2.05, 4.69) is 18.2 Å². The predicted molar refractivity (Wildman–Crippen MR) is 38.7 cm³/mol. The number of benzene rings is 1. The van der Waals surface area contributed by atoms with E-state index in [1.807, 2.05) is 6.07 Å². The Kier molecular flexibility index (Phi) is 1.03. The fraction of sp³-hybridized carbons (Fsp3) is 0.250. The molecule has 1 heteroatoms. The van der Waals surface area contributed by atoms with Crippen LogP contribution in [0, 0.1) is 0 Å². The molecule has 1 atom stereocenters. The summed E-state index contributed by atoms with van der Waals surface area (Å²) < 4.78 is 0. The van der Waals surface area contributed by atoms with E-state index in [-0.39, 0.29) is 0 Å². The van der Waals surface area contributed by atoms with Crippen LogP contribution in [0.2, 0.25) is 0 Å². The fourth-order valence-corrected chi connectivity index (χ4v) is 1.58. The molecule has 1 aliphatic carbocycles. The average molecular weight is 139 g/mol. The monoisotopic (exact) mass is 138 g/mol. The van der Waals surface area contributed by atoms with E-state index in [1.54, 1.807) is 0 Å². The molecule has 1 aromatic rings. The van der Waals surface area contributed by atoms with Crippen LogP contribution in [0.15, 0.2) is 24.3 Å². The third kappa shape index (κ3) is 0.665. The Hall–Kier alpha value is -0.490. The molecule has 0 aliphatic heterocycles. The van der Waals surface area contributed by atoms with Gasteiger partial charge >= 0.3 is 0 Å². The second-order valence-corrected chi connectivity index (χ2v) is 2.90. The Morgan fingerprint density at radius 1 is 1.33 bits per heavy atom. The molecule has 0 saturated heterocycles. The maximum atomic E-state index is 5.88. The first kappa shape index (κ1) is 5.31. The summed E-state index contributed by atoms with van der Waals surface area (Å²) in [5.74, 6) is 0. The van der Waals surface area contributed by atoms with Crippen molar-refractivity contribution in [1.82, 2.24) is 0 Å². The lowest BCUT2D eigenvalue weighted by molar-refractivity contribution is 0.804. The van der Waals surface area contributed by atoms with Crippen LogP contribution in [0.3, 0.4) is 0 Å². The van der Waals surface area contributed by atoms with Crippen LogP contribution in [0.25, 0.3) is 0 Å². The number of halogens is 1. The maximum Gasteiger partial charge on any atom is 0.0628 e. The predicted octanol–water partition coefficient (Wildman–Crippen LogP) is 2.52. The van der Waals surface area contributed by atoms with Crippen LogP contribution < -0.4 is 0 Å². The second-order valence-electron chi connectivity index (χ2n) is 2.37. The summed E-state index contributed by atoms with van der Waals surface area (Å²) in [5, 5.41) is 0.293. The number of hydrogen-bond donors (Lipinski definition) is 0. The summed E-state index contributed by atoms with van der Waals surface area (Å²) in [6.07, 6.45) is 1.05. The van der Waals surface area contributed by atoms with Gasteiger partial charge < -0.3 is 0 Å². The van der Waals surface area contributed by atoms with Crippen LogP contribution >= 0.6 is 11.6 Å². The molecule has 0 bridgehead atoms. The van der Waals surface area contributed by atoms with Gasteiger partial charge in [-0.15, -0.1) is 11.6 Å². The van der Waals surface area contributed by atoms with Crippen molar-refractivity contribution in [3.05, 3.63) is 35.4 Å². The van der Waals surface area contributed by atoms with Gasteiger partial charge in [-0.3, -0.25) is 0 Å². The van der Waals surface area contributed by atoms with Gasteiger partial charge in [0.1, 0.15) is 0 Å². The van der Waals surface area contributed by atoms with Gasteiger partial charge in [0.2, 0.25) is 0 Å². The van der Waals surface area contributed by atoms with Gasteiger partial charge in [0.15, 0.2) is 0 Å². The highest BCUT2D eigenvalue weighted by Gasteiger charge is 2.21. The molecule has 46 valence electrons. The molecule has 9 heavy (non-hydrogen) atoms. The molecule has 0 fully saturated rings. The van der Waals surface area contributed by atoms with E-state index in [0.717, 1.165) is 6.42 Å². The van der Waals surface area contributed by atoms with Crippen LogP contribution in [-0.2, 0) is 6.42 Å². The molecular formula is C8H7Cl. The Morgan fingerprint density at radius 3 is 2.67 bits per heavy atom. The van der Waals surface area contributed by atoms with Crippen molar-refractivity contribution in [1.29, 1.82) is 0 Å². The summed E-state index contributed by atoms with van der Waals surface area (Å²) >= 11 is 5.88. The molecule has 0 unspecified atom stereocenters. The Morgan fingerprint density at radius 2 is 2.11 bits per heavy atom. The molecule has 0 amide bonds. The van der Waals surface area contributed by atoms with Gasteiger partial charge in [0.25, 0.3) is 0 Å². The lowest BCUT2D eigenvalue weighted by atomic mass is 9.88. The van der Waals surface area contributed by atoms with Crippen molar-refractivity contribution in [3.63, 3.8) is 0 Å². The number of alkyl halides is 1. The molecule has 0 saturated carbocycles. The van der Waals surface area contributed by atoms with E-state index in [4.69, 9.17) is 11.6 Å². The molecule has 0 N–H and O–H groups in total. The lowest BCUT2D eigenvalue weighted by Crippen LogP contribution is -2.10. The molecule has 0 nitrogen and oxygen atoms in total. The smallest absolute Gasteiger partial charge is 0.0628 e. The summed E-state index contributed by atoms with van der Waals surface area (Å²) in [5.41, 5.74) is 2.73. The summed E-state index contributed by atoms with van der Waals surface area (Å²) in [7, 11) is 0. The second kappa shape index (κ2) is 1.74. The van der Waals surface area contributed by atoms with Crippen LogP contribution in [0.4, 0.5) is 0 Å². The highest BCUT2D eigenvalue weighted by atomic mass is 35.5. The molecule has 0 aromatic heterocycles. The highest BCUT2D eigenvalue weighted by molar-refractivity contribution is 6.22. The SMILES string of the molecule is Cl[C@H]1Cc2ccccc21. The first-order valence-corrected chi connectivity index (χ1v) is 3.53. The average Bonchev–Trinajstić information content (AvgIpc) is 1.86. The van der Waals surface area contributed by atoms with E-state index >= 15 is 0 Å². The molecule has 1 aromatic carbocycles. The van der Waals surface area contributed by atoms with Crippen molar-refractivity contribution in [3.8, 4) is 0 Å². The van der Waals surface area contributed by atoms with Gasteiger partial charge in [-0.05, 0) is 17.5 Å². The van der Waals surface area contributed by atoms with Crippen LogP contribution in [0.1, 0.15) is 16.5 Å². The van der Waals surface area contributed by atoms with Crippen molar-refractivity contribution < 1.29 is 0 Å². The standard InChI is InChI=1S/C8H7Cl/c9-8-5-6-3-1-2-4-7(6)8/h1-4,8H,5H2/t8-/m0/s1. The van der Waals surface area contributed by atoms with E-state index in [0.29, 0.717) is 5.38 Å². The number of hydrogen-bond acceptors (Lipinski definition) is 0. The zero-order valence-electron chi connectivity index (χ0n) is 4.97. The van der Waals surface area contributed by atoms with Gasteiger partial charge in [0, 0.05) is 0 Å². The van der Waals surface area contributed by atoms with E-state index < -0.39 is 0 Å².